The Morgan fingerprint density at radius 1 is 1.06 bits per heavy atom. The van der Waals surface area contributed by atoms with Gasteiger partial charge in [-0.25, -0.2) is 8.78 Å². The van der Waals surface area contributed by atoms with E-state index in [4.69, 9.17) is 0 Å². The third-order valence-corrected chi connectivity index (χ3v) is 2.75. The van der Waals surface area contributed by atoms with Gasteiger partial charge in [0.15, 0.2) is 0 Å². The van der Waals surface area contributed by atoms with Crippen LogP contribution in [0.4, 0.5) is 14.5 Å². The molecule has 0 bridgehead atoms. The fourth-order valence-corrected chi connectivity index (χ4v) is 1.71. The Balaban J connectivity index is 2.01. The molecular weight excluding hydrogens is 232 g/mol. The van der Waals surface area contributed by atoms with Gasteiger partial charge in [-0.2, -0.15) is 0 Å². The van der Waals surface area contributed by atoms with Crippen LogP contribution in [0.5, 0.6) is 0 Å². The average Bonchev–Trinajstić information content (AvgIpc) is 2.38. The van der Waals surface area contributed by atoms with E-state index in [2.05, 4.69) is 5.32 Å². The molecule has 0 amide bonds. The predicted octanol–water partition coefficient (Wildman–Crippen LogP) is 4.54. The Kier molecular flexibility index (Phi) is 3.92. The zero-order chi connectivity index (χ0) is 13.0. The van der Waals surface area contributed by atoms with E-state index in [-0.39, 0.29) is 5.56 Å². The Morgan fingerprint density at radius 2 is 1.78 bits per heavy atom. The first kappa shape index (κ1) is 12.6. The molecule has 2 aromatic carbocycles. The lowest BCUT2D eigenvalue weighted by atomic mass is 10.1. The van der Waals surface area contributed by atoms with Gasteiger partial charge in [-0.3, -0.25) is 0 Å². The Labute approximate surface area is 105 Å². The SMILES string of the molecule is Cc1ccc(NCc2cccc(C(F)F)c2)cc1. The summed E-state index contributed by atoms with van der Waals surface area (Å²) >= 11 is 0. The zero-order valence-electron chi connectivity index (χ0n) is 10.2. The number of alkyl halides is 2. The van der Waals surface area contributed by atoms with Gasteiger partial charge in [0.05, 0.1) is 0 Å². The number of aryl methyl sites for hydroxylation is 1. The summed E-state index contributed by atoms with van der Waals surface area (Å²) in [4.78, 5) is 0. The molecule has 0 fully saturated rings. The number of halogens is 2. The number of benzene rings is 2. The Morgan fingerprint density at radius 3 is 2.44 bits per heavy atom. The fraction of sp³-hybridized carbons (Fsp3) is 0.200. The summed E-state index contributed by atoms with van der Waals surface area (Å²) in [6.07, 6.45) is -2.41. The normalized spacial score (nSPS) is 10.7. The predicted molar refractivity (Wildman–Crippen MR) is 69.9 cm³/mol. The van der Waals surface area contributed by atoms with Gasteiger partial charge in [0, 0.05) is 17.8 Å². The summed E-state index contributed by atoms with van der Waals surface area (Å²) in [6.45, 7) is 2.57. The molecule has 0 atom stereocenters. The third-order valence-electron chi connectivity index (χ3n) is 2.75. The van der Waals surface area contributed by atoms with Crippen LogP contribution in [0.1, 0.15) is 23.1 Å². The molecule has 0 aliphatic carbocycles. The summed E-state index contributed by atoms with van der Waals surface area (Å²) in [5, 5.41) is 3.21. The first-order chi connectivity index (χ1) is 8.65. The number of rotatable bonds is 4. The summed E-state index contributed by atoms with van der Waals surface area (Å²) in [7, 11) is 0. The molecule has 1 nitrogen and oxygen atoms in total. The van der Waals surface area contributed by atoms with Crippen LogP contribution in [0.3, 0.4) is 0 Å². The lowest BCUT2D eigenvalue weighted by Gasteiger charge is -2.08. The van der Waals surface area contributed by atoms with Gasteiger partial charge < -0.3 is 5.32 Å². The second-order valence-corrected chi connectivity index (χ2v) is 4.27. The lowest BCUT2D eigenvalue weighted by Crippen LogP contribution is -2.00. The van der Waals surface area contributed by atoms with Crippen molar-refractivity contribution in [2.24, 2.45) is 0 Å². The van der Waals surface area contributed by atoms with Gasteiger partial charge in [-0.05, 0) is 30.7 Å². The van der Waals surface area contributed by atoms with E-state index >= 15 is 0 Å². The minimum atomic E-state index is -2.41. The van der Waals surface area contributed by atoms with E-state index in [1.165, 1.54) is 17.7 Å². The topological polar surface area (TPSA) is 12.0 Å². The van der Waals surface area contributed by atoms with Crippen molar-refractivity contribution in [1.82, 2.24) is 0 Å². The Bertz CT molecular complexity index is 506. The maximum Gasteiger partial charge on any atom is 0.263 e. The van der Waals surface area contributed by atoms with Crippen molar-refractivity contribution < 1.29 is 8.78 Å². The van der Waals surface area contributed by atoms with Crippen LogP contribution in [-0.4, -0.2) is 0 Å². The summed E-state index contributed by atoms with van der Waals surface area (Å²) in [5.74, 6) is 0. The molecule has 2 rings (SSSR count). The molecule has 0 aliphatic rings. The van der Waals surface area contributed by atoms with Crippen molar-refractivity contribution in [3.63, 3.8) is 0 Å². The molecule has 1 N–H and O–H groups in total. The number of hydrogen-bond acceptors (Lipinski definition) is 1. The van der Waals surface area contributed by atoms with Crippen LogP contribution in [0, 0.1) is 6.92 Å². The largest absolute Gasteiger partial charge is 0.381 e. The highest BCUT2D eigenvalue weighted by Crippen LogP contribution is 2.20. The maximum atomic E-state index is 12.5. The summed E-state index contributed by atoms with van der Waals surface area (Å²) in [5.41, 5.74) is 3.11. The molecule has 0 heterocycles. The number of nitrogens with one attached hydrogen (secondary N) is 1. The molecule has 2 aromatic rings. The highest BCUT2D eigenvalue weighted by atomic mass is 19.3. The summed E-state index contributed by atoms with van der Waals surface area (Å²) in [6, 6.07) is 14.5. The monoisotopic (exact) mass is 247 g/mol. The van der Waals surface area contributed by atoms with Gasteiger partial charge in [-0.1, -0.05) is 35.9 Å². The molecule has 0 saturated heterocycles. The molecule has 0 aromatic heterocycles. The molecule has 18 heavy (non-hydrogen) atoms. The van der Waals surface area contributed by atoms with Crippen molar-refractivity contribution >= 4 is 5.69 Å². The molecule has 3 heteroatoms. The lowest BCUT2D eigenvalue weighted by molar-refractivity contribution is 0.151. The number of anilines is 1. The van der Waals surface area contributed by atoms with E-state index in [0.29, 0.717) is 6.54 Å². The highest BCUT2D eigenvalue weighted by Gasteiger charge is 2.06. The van der Waals surface area contributed by atoms with Gasteiger partial charge in [0.25, 0.3) is 6.43 Å². The second kappa shape index (κ2) is 5.63. The first-order valence-electron chi connectivity index (χ1n) is 5.82. The zero-order valence-corrected chi connectivity index (χ0v) is 10.2. The van der Waals surface area contributed by atoms with Crippen LogP contribution in [0.2, 0.25) is 0 Å². The molecular formula is C15H15F2N. The van der Waals surface area contributed by atoms with Crippen LogP contribution < -0.4 is 5.32 Å². The average molecular weight is 247 g/mol. The van der Waals surface area contributed by atoms with E-state index in [1.54, 1.807) is 6.07 Å². The smallest absolute Gasteiger partial charge is 0.263 e. The van der Waals surface area contributed by atoms with Crippen LogP contribution in [-0.2, 0) is 6.54 Å². The van der Waals surface area contributed by atoms with E-state index < -0.39 is 6.43 Å². The third kappa shape index (κ3) is 3.29. The van der Waals surface area contributed by atoms with Crippen molar-refractivity contribution in [3.8, 4) is 0 Å². The second-order valence-electron chi connectivity index (χ2n) is 4.27. The van der Waals surface area contributed by atoms with Crippen LogP contribution >= 0.6 is 0 Å². The molecule has 0 aliphatic heterocycles. The highest BCUT2D eigenvalue weighted by molar-refractivity contribution is 5.45. The van der Waals surface area contributed by atoms with Crippen molar-refractivity contribution in [3.05, 3.63) is 65.2 Å². The number of hydrogen-bond donors (Lipinski definition) is 1. The summed E-state index contributed by atoms with van der Waals surface area (Å²) < 4.78 is 25.1. The fourth-order valence-electron chi connectivity index (χ4n) is 1.71. The first-order valence-corrected chi connectivity index (χ1v) is 5.82. The standard InChI is InChI=1S/C15H15F2N/c1-11-5-7-14(8-6-11)18-10-12-3-2-4-13(9-12)15(16)17/h2-9,15,18H,10H2,1H3. The molecule has 0 spiro atoms. The van der Waals surface area contributed by atoms with Crippen LogP contribution in [0.15, 0.2) is 48.5 Å². The van der Waals surface area contributed by atoms with Gasteiger partial charge in [-0.15, -0.1) is 0 Å². The van der Waals surface area contributed by atoms with Gasteiger partial charge in [0.1, 0.15) is 0 Å². The minimum Gasteiger partial charge on any atom is -0.381 e. The van der Waals surface area contributed by atoms with Crippen LogP contribution in [0.25, 0.3) is 0 Å². The molecule has 0 unspecified atom stereocenters. The van der Waals surface area contributed by atoms with E-state index in [9.17, 15) is 8.78 Å². The van der Waals surface area contributed by atoms with Crippen molar-refractivity contribution in [2.45, 2.75) is 19.9 Å². The molecule has 0 radical (unpaired) electrons. The van der Waals surface area contributed by atoms with Gasteiger partial charge >= 0.3 is 0 Å². The van der Waals surface area contributed by atoms with E-state index in [0.717, 1.165) is 11.3 Å². The van der Waals surface area contributed by atoms with Crippen molar-refractivity contribution in [1.29, 1.82) is 0 Å². The quantitative estimate of drug-likeness (QED) is 0.836. The van der Waals surface area contributed by atoms with Crippen molar-refractivity contribution in [2.75, 3.05) is 5.32 Å². The minimum absolute atomic E-state index is 0.0678. The Hall–Kier alpha value is -1.90. The maximum absolute atomic E-state index is 12.5. The molecule has 94 valence electrons. The van der Waals surface area contributed by atoms with E-state index in [1.807, 2.05) is 37.3 Å². The molecule has 0 saturated carbocycles. The van der Waals surface area contributed by atoms with Gasteiger partial charge in [0.2, 0.25) is 0 Å².